The van der Waals surface area contributed by atoms with E-state index < -0.39 is 0 Å². The molecule has 0 rings (SSSR count). The SMILES string of the molecule is OCCNCCCCCCI. The van der Waals surface area contributed by atoms with Gasteiger partial charge < -0.3 is 10.4 Å². The van der Waals surface area contributed by atoms with Crippen molar-refractivity contribution >= 4 is 22.6 Å². The van der Waals surface area contributed by atoms with Crippen LogP contribution in [0.4, 0.5) is 0 Å². The lowest BCUT2D eigenvalue weighted by Gasteiger charge is -2.01. The molecule has 2 nitrogen and oxygen atoms in total. The maximum absolute atomic E-state index is 8.44. The molecule has 3 heteroatoms. The summed E-state index contributed by atoms with van der Waals surface area (Å²) in [5, 5.41) is 11.6. The van der Waals surface area contributed by atoms with Gasteiger partial charge >= 0.3 is 0 Å². The standard InChI is InChI=1S/C8H18INO/c9-5-3-1-2-4-6-10-7-8-11/h10-11H,1-8H2. The molecule has 0 bridgehead atoms. The summed E-state index contributed by atoms with van der Waals surface area (Å²) in [5.41, 5.74) is 0. The van der Waals surface area contributed by atoms with Gasteiger partial charge in [-0.3, -0.25) is 0 Å². The third-order valence-corrected chi connectivity index (χ3v) is 2.29. The number of aliphatic hydroxyl groups is 1. The van der Waals surface area contributed by atoms with E-state index in [1.54, 1.807) is 0 Å². The third-order valence-electron chi connectivity index (χ3n) is 1.53. The van der Waals surface area contributed by atoms with Crippen molar-refractivity contribution in [2.45, 2.75) is 25.7 Å². The minimum atomic E-state index is 0.258. The molecule has 0 aromatic rings. The van der Waals surface area contributed by atoms with E-state index in [0.717, 1.165) is 13.1 Å². The first-order valence-electron chi connectivity index (χ1n) is 4.29. The Kier molecular flexibility index (Phi) is 11.3. The third kappa shape index (κ3) is 10.7. The Morgan fingerprint density at radius 2 is 1.73 bits per heavy atom. The van der Waals surface area contributed by atoms with Gasteiger partial charge in [-0.05, 0) is 23.8 Å². The Labute approximate surface area is 82.9 Å². The maximum Gasteiger partial charge on any atom is 0.0555 e. The van der Waals surface area contributed by atoms with Gasteiger partial charge in [0.1, 0.15) is 0 Å². The number of halogens is 1. The molecule has 0 heterocycles. The van der Waals surface area contributed by atoms with E-state index in [0.29, 0.717) is 0 Å². The van der Waals surface area contributed by atoms with Crippen LogP contribution in [0, 0.1) is 0 Å². The van der Waals surface area contributed by atoms with Crippen LogP contribution in [0.5, 0.6) is 0 Å². The second-order valence-electron chi connectivity index (χ2n) is 2.58. The summed E-state index contributed by atoms with van der Waals surface area (Å²) in [7, 11) is 0. The highest BCUT2D eigenvalue weighted by atomic mass is 127. The fraction of sp³-hybridized carbons (Fsp3) is 1.00. The van der Waals surface area contributed by atoms with Crippen molar-refractivity contribution in [3.05, 3.63) is 0 Å². The number of nitrogens with one attached hydrogen (secondary N) is 1. The van der Waals surface area contributed by atoms with Crippen LogP contribution in [0.1, 0.15) is 25.7 Å². The fourth-order valence-corrected chi connectivity index (χ4v) is 1.44. The van der Waals surface area contributed by atoms with Crippen molar-refractivity contribution in [1.29, 1.82) is 0 Å². The predicted molar refractivity (Wildman–Crippen MR) is 57.3 cm³/mol. The maximum atomic E-state index is 8.44. The topological polar surface area (TPSA) is 32.3 Å². The molecule has 0 saturated heterocycles. The minimum absolute atomic E-state index is 0.258. The summed E-state index contributed by atoms with van der Waals surface area (Å²) < 4.78 is 1.28. The molecular weight excluding hydrogens is 253 g/mol. The van der Waals surface area contributed by atoms with Crippen LogP contribution in [0.15, 0.2) is 0 Å². The van der Waals surface area contributed by atoms with Crippen LogP contribution < -0.4 is 5.32 Å². The van der Waals surface area contributed by atoms with Gasteiger partial charge in [0, 0.05) is 6.54 Å². The molecule has 0 aliphatic carbocycles. The molecule has 0 spiro atoms. The Morgan fingerprint density at radius 3 is 2.36 bits per heavy atom. The summed E-state index contributed by atoms with van der Waals surface area (Å²) in [5.74, 6) is 0. The molecule has 0 atom stereocenters. The van der Waals surface area contributed by atoms with Crippen LogP contribution in [0.25, 0.3) is 0 Å². The van der Waals surface area contributed by atoms with Gasteiger partial charge in [0.05, 0.1) is 6.61 Å². The molecule has 0 aliphatic heterocycles. The summed E-state index contributed by atoms with van der Waals surface area (Å²) in [6.45, 7) is 2.06. The van der Waals surface area contributed by atoms with Crippen molar-refractivity contribution in [2.24, 2.45) is 0 Å². The van der Waals surface area contributed by atoms with E-state index >= 15 is 0 Å². The van der Waals surface area contributed by atoms with Crippen LogP contribution in [-0.4, -0.2) is 29.2 Å². The van der Waals surface area contributed by atoms with Crippen LogP contribution in [0.2, 0.25) is 0 Å². The molecule has 0 aromatic heterocycles. The second kappa shape index (κ2) is 10.7. The summed E-state index contributed by atoms with van der Waals surface area (Å²) >= 11 is 2.41. The molecule has 0 unspecified atom stereocenters. The van der Waals surface area contributed by atoms with Gasteiger partial charge in [-0.1, -0.05) is 35.4 Å². The molecule has 0 saturated carbocycles. The lowest BCUT2D eigenvalue weighted by Crippen LogP contribution is -2.19. The molecule has 0 radical (unpaired) electrons. The van der Waals surface area contributed by atoms with Crippen molar-refractivity contribution in [3.8, 4) is 0 Å². The fourth-order valence-electron chi connectivity index (χ4n) is 0.902. The van der Waals surface area contributed by atoms with E-state index in [2.05, 4.69) is 27.9 Å². The van der Waals surface area contributed by atoms with E-state index in [-0.39, 0.29) is 6.61 Å². The number of hydrogen-bond donors (Lipinski definition) is 2. The number of unbranched alkanes of at least 4 members (excludes halogenated alkanes) is 3. The first kappa shape index (κ1) is 11.6. The second-order valence-corrected chi connectivity index (χ2v) is 3.66. The van der Waals surface area contributed by atoms with Crippen molar-refractivity contribution in [1.82, 2.24) is 5.32 Å². The van der Waals surface area contributed by atoms with Gasteiger partial charge in [-0.2, -0.15) is 0 Å². The Hall–Kier alpha value is 0.650. The van der Waals surface area contributed by atoms with E-state index in [1.165, 1.54) is 30.1 Å². The first-order chi connectivity index (χ1) is 5.41. The molecule has 0 fully saturated rings. The average Bonchev–Trinajstić information content (AvgIpc) is 2.03. The number of rotatable bonds is 8. The summed E-state index contributed by atoms with van der Waals surface area (Å²) in [6.07, 6.45) is 5.27. The zero-order chi connectivity index (χ0) is 8.36. The van der Waals surface area contributed by atoms with E-state index in [1.807, 2.05) is 0 Å². The van der Waals surface area contributed by atoms with Crippen molar-refractivity contribution in [2.75, 3.05) is 24.1 Å². The predicted octanol–water partition coefficient (Wildman–Crippen LogP) is 1.56. The van der Waals surface area contributed by atoms with Crippen molar-refractivity contribution < 1.29 is 5.11 Å². The van der Waals surface area contributed by atoms with Gasteiger partial charge in [-0.25, -0.2) is 0 Å². The zero-order valence-corrected chi connectivity index (χ0v) is 9.14. The largest absolute Gasteiger partial charge is 0.395 e. The Morgan fingerprint density at radius 1 is 1.00 bits per heavy atom. The highest BCUT2D eigenvalue weighted by molar-refractivity contribution is 14.1. The van der Waals surface area contributed by atoms with Gasteiger partial charge in [0.25, 0.3) is 0 Å². The molecule has 0 aromatic carbocycles. The number of alkyl halides is 1. The quantitative estimate of drug-likeness (QED) is 0.399. The molecule has 2 N–H and O–H groups in total. The molecule has 68 valence electrons. The summed E-state index contributed by atoms with van der Waals surface area (Å²) in [6, 6.07) is 0. The molecule has 11 heavy (non-hydrogen) atoms. The normalized spacial score (nSPS) is 10.4. The van der Waals surface area contributed by atoms with Crippen LogP contribution >= 0.6 is 22.6 Å². The molecule has 0 aliphatic rings. The lowest BCUT2D eigenvalue weighted by molar-refractivity contribution is 0.292. The highest BCUT2D eigenvalue weighted by Crippen LogP contribution is 2.00. The number of hydrogen-bond acceptors (Lipinski definition) is 2. The van der Waals surface area contributed by atoms with Crippen LogP contribution in [0.3, 0.4) is 0 Å². The molecule has 0 amide bonds. The molecular formula is C8H18INO. The van der Waals surface area contributed by atoms with Gasteiger partial charge in [0.2, 0.25) is 0 Å². The Bertz CT molecular complexity index is 63.1. The van der Waals surface area contributed by atoms with E-state index in [9.17, 15) is 0 Å². The minimum Gasteiger partial charge on any atom is -0.395 e. The van der Waals surface area contributed by atoms with Gasteiger partial charge in [-0.15, -0.1) is 0 Å². The smallest absolute Gasteiger partial charge is 0.0555 e. The van der Waals surface area contributed by atoms with Gasteiger partial charge in [0.15, 0.2) is 0 Å². The average molecular weight is 271 g/mol. The first-order valence-corrected chi connectivity index (χ1v) is 5.82. The summed E-state index contributed by atoms with van der Waals surface area (Å²) in [4.78, 5) is 0. The van der Waals surface area contributed by atoms with Crippen LogP contribution in [-0.2, 0) is 0 Å². The van der Waals surface area contributed by atoms with E-state index in [4.69, 9.17) is 5.11 Å². The zero-order valence-electron chi connectivity index (χ0n) is 6.98. The number of aliphatic hydroxyl groups excluding tert-OH is 1. The highest BCUT2D eigenvalue weighted by Gasteiger charge is 1.88. The Balaban J connectivity index is 2.69. The monoisotopic (exact) mass is 271 g/mol. The van der Waals surface area contributed by atoms with Crippen molar-refractivity contribution in [3.63, 3.8) is 0 Å². The lowest BCUT2D eigenvalue weighted by atomic mass is 10.2.